The van der Waals surface area contributed by atoms with E-state index in [9.17, 15) is 4.79 Å². The molecule has 0 aliphatic rings. The van der Waals surface area contributed by atoms with E-state index in [2.05, 4.69) is 0 Å². The lowest BCUT2D eigenvalue weighted by Gasteiger charge is -2.06. The average Bonchev–Trinajstić information content (AvgIpc) is 2.97. The third kappa shape index (κ3) is 2.48. The van der Waals surface area contributed by atoms with E-state index in [-0.39, 0.29) is 5.78 Å². The van der Waals surface area contributed by atoms with E-state index in [1.54, 1.807) is 38.5 Å². The third-order valence-corrected chi connectivity index (χ3v) is 3.26. The zero-order chi connectivity index (χ0) is 14.8. The molecule has 0 atom stereocenters. The van der Waals surface area contributed by atoms with E-state index in [1.165, 1.54) is 0 Å². The van der Waals surface area contributed by atoms with Gasteiger partial charge in [0.05, 0.1) is 14.2 Å². The van der Waals surface area contributed by atoms with Crippen LogP contribution in [-0.4, -0.2) is 20.0 Å². The number of rotatable bonds is 4. The van der Waals surface area contributed by atoms with Crippen LogP contribution < -0.4 is 9.47 Å². The number of hydrogen-bond donors (Lipinski definition) is 0. The van der Waals surface area contributed by atoms with Crippen LogP contribution in [0.25, 0.3) is 11.0 Å². The number of ether oxygens (including phenoxy) is 2. The summed E-state index contributed by atoms with van der Waals surface area (Å²) in [5.41, 5.74) is 1.15. The molecule has 2 aromatic carbocycles. The fourth-order valence-electron chi connectivity index (χ4n) is 2.17. The van der Waals surface area contributed by atoms with E-state index < -0.39 is 0 Å². The van der Waals surface area contributed by atoms with Gasteiger partial charge in [-0.1, -0.05) is 18.2 Å². The molecule has 0 aliphatic carbocycles. The minimum Gasteiger partial charge on any atom is -0.497 e. The van der Waals surface area contributed by atoms with E-state index >= 15 is 0 Å². The fraction of sp³-hybridized carbons (Fsp3) is 0.118. The highest BCUT2D eigenvalue weighted by Crippen LogP contribution is 2.26. The summed E-state index contributed by atoms with van der Waals surface area (Å²) in [6.07, 6.45) is 0. The van der Waals surface area contributed by atoms with Crippen LogP contribution in [0.2, 0.25) is 0 Å². The Hall–Kier alpha value is -2.75. The molecule has 0 unspecified atom stereocenters. The minimum atomic E-state index is -0.205. The van der Waals surface area contributed by atoms with Crippen LogP contribution in [0.3, 0.4) is 0 Å². The molecule has 0 spiro atoms. The van der Waals surface area contributed by atoms with Crippen molar-refractivity contribution in [1.29, 1.82) is 0 Å². The molecule has 4 nitrogen and oxygen atoms in total. The topological polar surface area (TPSA) is 48.7 Å². The quantitative estimate of drug-likeness (QED) is 0.685. The largest absolute Gasteiger partial charge is 0.497 e. The number of ketones is 1. The summed E-state index contributed by atoms with van der Waals surface area (Å²) in [6.45, 7) is 0. The average molecular weight is 282 g/mol. The van der Waals surface area contributed by atoms with Crippen LogP contribution in [0.4, 0.5) is 0 Å². The Balaban J connectivity index is 2.04. The highest BCUT2D eigenvalue weighted by Gasteiger charge is 2.16. The lowest BCUT2D eigenvalue weighted by Crippen LogP contribution is -2.01. The van der Waals surface area contributed by atoms with Gasteiger partial charge in [0, 0.05) is 17.0 Å². The molecule has 0 bridgehead atoms. The van der Waals surface area contributed by atoms with E-state index in [0.29, 0.717) is 28.4 Å². The Bertz CT molecular complexity index is 746. The van der Waals surface area contributed by atoms with Gasteiger partial charge in [-0.15, -0.1) is 0 Å². The molecule has 0 saturated carbocycles. The van der Waals surface area contributed by atoms with Gasteiger partial charge in [0.25, 0.3) is 0 Å². The van der Waals surface area contributed by atoms with Gasteiger partial charge >= 0.3 is 0 Å². The van der Waals surface area contributed by atoms with Gasteiger partial charge in [0.2, 0.25) is 5.78 Å². The second-order valence-electron chi connectivity index (χ2n) is 4.58. The summed E-state index contributed by atoms with van der Waals surface area (Å²) in [5, 5.41) is 0.899. The first-order valence-corrected chi connectivity index (χ1v) is 6.47. The molecule has 0 saturated heterocycles. The first-order valence-electron chi connectivity index (χ1n) is 6.47. The number of benzene rings is 2. The van der Waals surface area contributed by atoms with Gasteiger partial charge in [-0.05, 0) is 24.3 Å². The number of para-hydroxylation sites is 1. The molecule has 0 fully saturated rings. The Morgan fingerprint density at radius 3 is 2.24 bits per heavy atom. The fourth-order valence-corrected chi connectivity index (χ4v) is 2.17. The van der Waals surface area contributed by atoms with Crippen molar-refractivity contribution in [3.05, 3.63) is 59.9 Å². The first kappa shape index (κ1) is 13.2. The van der Waals surface area contributed by atoms with Crippen molar-refractivity contribution < 1.29 is 18.7 Å². The maximum absolute atomic E-state index is 12.5. The minimum absolute atomic E-state index is 0.205. The van der Waals surface area contributed by atoms with Gasteiger partial charge in [-0.2, -0.15) is 0 Å². The molecule has 0 N–H and O–H groups in total. The molecule has 0 aliphatic heterocycles. The van der Waals surface area contributed by atoms with E-state index in [0.717, 1.165) is 5.39 Å². The van der Waals surface area contributed by atoms with Crippen molar-refractivity contribution in [3.8, 4) is 11.5 Å². The van der Waals surface area contributed by atoms with Crippen LogP contribution in [0.1, 0.15) is 16.1 Å². The van der Waals surface area contributed by atoms with Gasteiger partial charge in [-0.3, -0.25) is 4.79 Å². The number of methoxy groups -OCH3 is 2. The maximum atomic E-state index is 12.5. The van der Waals surface area contributed by atoms with Crippen molar-refractivity contribution in [2.75, 3.05) is 14.2 Å². The molecule has 21 heavy (non-hydrogen) atoms. The number of fused-ring (bicyclic) bond motifs is 1. The van der Waals surface area contributed by atoms with Crippen LogP contribution in [-0.2, 0) is 0 Å². The molecule has 106 valence electrons. The Kier molecular flexibility index (Phi) is 3.36. The lowest BCUT2D eigenvalue weighted by atomic mass is 10.1. The number of hydrogen-bond acceptors (Lipinski definition) is 4. The summed E-state index contributed by atoms with van der Waals surface area (Å²) in [5.74, 6) is 1.22. The molecule has 3 aromatic rings. The Labute approximate surface area is 121 Å². The summed E-state index contributed by atoms with van der Waals surface area (Å²) in [7, 11) is 3.09. The van der Waals surface area contributed by atoms with Crippen molar-refractivity contribution in [2.45, 2.75) is 0 Å². The third-order valence-electron chi connectivity index (χ3n) is 3.26. The highest BCUT2D eigenvalue weighted by atomic mass is 16.5. The monoisotopic (exact) mass is 282 g/mol. The summed E-state index contributed by atoms with van der Waals surface area (Å²) in [6, 6.07) is 14.3. The zero-order valence-corrected chi connectivity index (χ0v) is 11.8. The molecule has 4 heteroatoms. The van der Waals surface area contributed by atoms with Crippen molar-refractivity contribution in [1.82, 2.24) is 0 Å². The summed E-state index contributed by atoms with van der Waals surface area (Å²) in [4.78, 5) is 12.5. The summed E-state index contributed by atoms with van der Waals surface area (Å²) < 4.78 is 16.0. The van der Waals surface area contributed by atoms with Crippen molar-refractivity contribution >= 4 is 16.8 Å². The van der Waals surface area contributed by atoms with Crippen LogP contribution in [0, 0.1) is 0 Å². The molecular formula is C17H14O4. The zero-order valence-electron chi connectivity index (χ0n) is 11.8. The van der Waals surface area contributed by atoms with Gasteiger partial charge in [0.15, 0.2) is 5.76 Å². The second kappa shape index (κ2) is 5.32. The van der Waals surface area contributed by atoms with Crippen LogP contribution >= 0.6 is 0 Å². The number of carbonyl (C=O) groups excluding carboxylic acids is 1. The van der Waals surface area contributed by atoms with Crippen molar-refractivity contribution in [2.24, 2.45) is 0 Å². The van der Waals surface area contributed by atoms with Gasteiger partial charge < -0.3 is 13.9 Å². The van der Waals surface area contributed by atoms with E-state index in [1.807, 2.05) is 24.3 Å². The molecular weight excluding hydrogens is 268 g/mol. The predicted octanol–water partition coefficient (Wildman–Crippen LogP) is 3.68. The van der Waals surface area contributed by atoms with Crippen molar-refractivity contribution in [3.63, 3.8) is 0 Å². The highest BCUT2D eigenvalue weighted by molar-refractivity contribution is 6.09. The summed E-state index contributed by atoms with van der Waals surface area (Å²) >= 11 is 0. The number of furan rings is 1. The van der Waals surface area contributed by atoms with Gasteiger partial charge in [0.1, 0.15) is 17.1 Å². The normalized spacial score (nSPS) is 10.6. The molecule has 1 heterocycles. The van der Waals surface area contributed by atoms with Gasteiger partial charge in [-0.25, -0.2) is 0 Å². The molecule has 3 rings (SSSR count). The first-order chi connectivity index (χ1) is 10.2. The second-order valence-corrected chi connectivity index (χ2v) is 4.58. The lowest BCUT2D eigenvalue weighted by molar-refractivity contribution is 0.101. The Morgan fingerprint density at radius 2 is 1.62 bits per heavy atom. The standard InChI is InChI=1S/C17H14O4/c1-19-13-7-12(8-14(10-13)20-2)17(18)16-9-11-5-3-4-6-15(11)21-16/h3-10H,1-2H3. The molecule has 0 amide bonds. The number of carbonyl (C=O) groups is 1. The smallest absolute Gasteiger partial charge is 0.228 e. The van der Waals surface area contributed by atoms with E-state index in [4.69, 9.17) is 13.9 Å². The predicted molar refractivity (Wildman–Crippen MR) is 79.2 cm³/mol. The molecule has 1 aromatic heterocycles. The van der Waals surface area contributed by atoms with Crippen LogP contribution in [0.5, 0.6) is 11.5 Å². The maximum Gasteiger partial charge on any atom is 0.228 e. The molecule has 0 radical (unpaired) electrons. The SMILES string of the molecule is COc1cc(OC)cc(C(=O)c2cc3ccccc3o2)c1. The van der Waals surface area contributed by atoms with Crippen LogP contribution in [0.15, 0.2) is 52.9 Å². The Morgan fingerprint density at radius 1 is 0.952 bits per heavy atom.